The first-order chi connectivity index (χ1) is 7.07. The van der Waals surface area contributed by atoms with Crippen molar-refractivity contribution >= 4 is 21.7 Å². The molecule has 0 N–H and O–H groups in total. The van der Waals surface area contributed by atoms with E-state index in [-0.39, 0.29) is 12.0 Å². The lowest BCUT2D eigenvalue weighted by atomic mass is 10.0. The van der Waals surface area contributed by atoms with Crippen molar-refractivity contribution in [1.82, 2.24) is 0 Å². The van der Waals surface area contributed by atoms with E-state index in [1.807, 2.05) is 0 Å². The number of hydrogen-bond donors (Lipinski definition) is 0. The van der Waals surface area contributed by atoms with E-state index in [9.17, 15) is 18.0 Å². The molecular formula is C10H8BrF3O. The summed E-state index contributed by atoms with van der Waals surface area (Å²) in [7, 11) is 0. The van der Waals surface area contributed by atoms with Gasteiger partial charge < -0.3 is 0 Å². The summed E-state index contributed by atoms with van der Waals surface area (Å²) in [6.07, 6.45) is -2.90. The number of benzene rings is 1. The molecule has 0 saturated heterocycles. The number of alkyl halides is 3. The summed E-state index contributed by atoms with van der Waals surface area (Å²) >= 11 is 3.03. The highest BCUT2D eigenvalue weighted by Gasteiger charge is 2.21. The largest absolute Gasteiger partial charge is 0.294 e. The molecule has 15 heavy (non-hydrogen) atoms. The minimum atomic E-state index is -2.97. The fraction of sp³-hybridized carbons (Fsp3) is 0.300. The summed E-state index contributed by atoms with van der Waals surface area (Å²) in [5.41, 5.74) is -1.03. The Labute approximate surface area is 93.4 Å². The van der Waals surface area contributed by atoms with E-state index >= 15 is 0 Å². The van der Waals surface area contributed by atoms with Gasteiger partial charge in [0.15, 0.2) is 5.78 Å². The molecular weight excluding hydrogens is 273 g/mol. The maximum atomic E-state index is 13.1. The Balaban J connectivity index is 3.17. The van der Waals surface area contributed by atoms with Crippen molar-refractivity contribution in [3.8, 4) is 0 Å². The molecule has 5 heteroatoms. The summed E-state index contributed by atoms with van der Waals surface area (Å²) in [5, 5.41) is 0.366. The van der Waals surface area contributed by atoms with Crippen LogP contribution in [0.25, 0.3) is 0 Å². The molecule has 0 fully saturated rings. The van der Waals surface area contributed by atoms with Gasteiger partial charge in [-0.05, 0) is 6.07 Å². The van der Waals surface area contributed by atoms with E-state index < -0.39 is 23.6 Å². The molecule has 1 aromatic carbocycles. The van der Waals surface area contributed by atoms with Crippen molar-refractivity contribution in [2.45, 2.75) is 12.8 Å². The molecule has 0 atom stereocenters. The van der Waals surface area contributed by atoms with Crippen LogP contribution in [0.1, 0.15) is 28.8 Å². The van der Waals surface area contributed by atoms with Gasteiger partial charge in [0.2, 0.25) is 0 Å². The van der Waals surface area contributed by atoms with Crippen molar-refractivity contribution in [3.05, 3.63) is 35.1 Å². The van der Waals surface area contributed by atoms with Crippen LogP contribution in [0.2, 0.25) is 0 Å². The lowest BCUT2D eigenvalue weighted by molar-refractivity contribution is 0.0973. The van der Waals surface area contributed by atoms with Gasteiger partial charge in [-0.1, -0.05) is 28.1 Å². The van der Waals surface area contributed by atoms with Gasteiger partial charge in [0.1, 0.15) is 5.82 Å². The molecule has 0 spiro atoms. The third-order valence-electron chi connectivity index (χ3n) is 1.89. The van der Waals surface area contributed by atoms with Crippen LogP contribution in [0.4, 0.5) is 13.2 Å². The molecule has 1 rings (SSSR count). The zero-order valence-electron chi connectivity index (χ0n) is 7.64. The molecule has 1 aromatic rings. The van der Waals surface area contributed by atoms with Gasteiger partial charge in [-0.3, -0.25) is 4.79 Å². The Morgan fingerprint density at radius 3 is 2.60 bits per heavy atom. The number of ketones is 1. The van der Waals surface area contributed by atoms with Gasteiger partial charge >= 0.3 is 0 Å². The second-order valence-corrected chi connectivity index (χ2v) is 3.66. The average molecular weight is 281 g/mol. The van der Waals surface area contributed by atoms with Crippen molar-refractivity contribution in [2.75, 3.05) is 5.33 Å². The maximum Gasteiger partial charge on any atom is 0.267 e. The number of carbonyl (C=O) groups excluding carboxylic acids is 1. The lowest BCUT2D eigenvalue weighted by Crippen LogP contribution is -2.06. The summed E-state index contributed by atoms with van der Waals surface area (Å²) in [5.74, 6) is -1.52. The van der Waals surface area contributed by atoms with Crippen molar-refractivity contribution < 1.29 is 18.0 Å². The Morgan fingerprint density at radius 2 is 2.07 bits per heavy atom. The van der Waals surface area contributed by atoms with Crippen molar-refractivity contribution in [2.24, 2.45) is 0 Å². The Kier molecular flexibility index (Phi) is 4.32. The maximum absolute atomic E-state index is 13.1. The van der Waals surface area contributed by atoms with Crippen molar-refractivity contribution in [3.63, 3.8) is 0 Å². The number of carbonyl (C=O) groups is 1. The van der Waals surface area contributed by atoms with E-state index in [4.69, 9.17) is 0 Å². The minimum Gasteiger partial charge on any atom is -0.294 e. The van der Waals surface area contributed by atoms with Crippen molar-refractivity contribution in [1.29, 1.82) is 0 Å². The van der Waals surface area contributed by atoms with Crippen LogP contribution in [0.15, 0.2) is 18.2 Å². The zero-order valence-corrected chi connectivity index (χ0v) is 9.23. The van der Waals surface area contributed by atoms with Gasteiger partial charge in [-0.25, -0.2) is 13.2 Å². The quantitative estimate of drug-likeness (QED) is 0.607. The van der Waals surface area contributed by atoms with Crippen LogP contribution in [-0.2, 0) is 0 Å². The van der Waals surface area contributed by atoms with Gasteiger partial charge in [-0.2, -0.15) is 0 Å². The van der Waals surface area contributed by atoms with Crippen LogP contribution in [-0.4, -0.2) is 11.1 Å². The molecule has 0 aliphatic carbocycles. The normalized spacial score (nSPS) is 10.7. The fourth-order valence-electron chi connectivity index (χ4n) is 1.22. The smallest absolute Gasteiger partial charge is 0.267 e. The summed E-state index contributed by atoms with van der Waals surface area (Å²) in [4.78, 5) is 11.4. The van der Waals surface area contributed by atoms with E-state index in [0.29, 0.717) is 5.33 Å². The lowest BCUT2D eigenvalue weighted by Gasteiger charge is -2.07. The van der Waals surface area contributed by atoms with E-state index in [1.54, 1.807) is 0 Å². The molecule has 0 saturated carbocycles. The summed E-state index contributed by atoms with van der Waals surface area (Å²) < 4.78 is 38.0. The molecule has 1 nitrogen and oxygen atoms in total. The highest BCUT2D eigenvalue weighted by atomic mass is 79.9. The predicted octanol–water partition coefficient (Wildman–Crippen LogP) is 3.73. The Hall–Kier alpha value is -0.840. The Morgan fingerprint density at radius 1 is 1.40 bits per heavy atom. The second kappa shape index (κ2) is 5.30. The van der Waals surface area contributed by atoms with Crippen LogP contribution in [0, 0.1) is 5.82 Å². The Bertz CT molecular complexity index is 366. The van der Waals surface area contributed by atoms with Gasteiger partial charge in [0, 0.05) is 17.3 Å². The number of hydrogen-bond acceptors (Lipinski definition) is 1. The third kappa shape index (κ3) is 2.81. The summed E-state index contributed by atoms with van der Waals surface area (Å²) in [6, 6.07) is 3.39. The first-order valence-corrected chi connectivity index (χ1v) is 5.35. The molecule has 0 bridgehead atoms. The molecule has 0 radical (unpaired) electrons. The molecule has 0 amide bonds. The molecule has 0 aliphatic rings. The number of rotatable bonds is 4. The molecule has 0 aliphatic heterocycles. The second-order valence-electron chi connectivity index (χ2n) is 2.86. The van der Waals surface area contributed by atoms with Crippen LogP contribution < -0.4 is 0 Å². The van der Waals surface area contributed by atoms with E-state index in [0.717, 1.165) is 6.07 Å². The highest BCUT2D eigenvalue weighted by molar-refractivity contribution is 9.09. The minimum absolute atomic E-state index is 0.0726. The van der Waals surface area contributed by atoms with E-state index in [2.05, 4.69) is 15.9 Å². The molecule has 0 heterocycles. The van der Waals surface area contributed by atoms with Crippen LogP contribution >= 0.6 is 15.9 Å². The monoisotopic (exact) mass is 280 g/mol. The van der Waals surface area contributed by atoms with Gasteiger partial charge in [-0.15, -0.1) is 0 Å². The molecule has 0 unspecified atom stereocenters. The van der Waals surface area contributed by atoms with E-state index in [1.165, 1.54) is 12.1 Å². The topological polar surface area (TPSA) is 17.1 Å². The third-order valence-corrected chi connectivity index (χ3v) is 2.29. The molecule has 0 aromatic heterocycles. The van der Waals surface area contributed by atoms with Gasteiger partial charge in [0.25, 0.3) is 6.43 Å². The van der Waals surface area contributed by atoms with Crippen LogP contribution in [0.5, 0.6) is 0 Å². The zero-order chi connectivity index (χ0) is 11.4. The first kappa shape index (κ1) is 12.2. The fourth-order valence-corrected chi connectivity index (χ4v) is 1.58. The average Bonchev–Trinajstić information content (AvgIpc) is 2.17. The predicted molar refractivity (Wildman–Crippen MR) is 54.1 cm³/mol. The first-order valence-electron chi connectivity index (χ1n) is 4.23. The van der Waals surface area contributed by atoms with Crippen LogP contribution in [0.3, 0.4) is 0 Å². The number of halogens is 4. The molecule has 82 valence electrons. The van der Waals surface area contributed by atoms with Gasteiger partial charge in [0.05, 0.1) is 5.56 Å². The standard InChI is InChI=1S/C10H8BrF3O/c11-5-4-8(15)6-2-1-3-7(12)9(6)10(13)14/h1-3,10H,4-5H2. The SMILES string of the molecule is O=C(CCBr)c1cccc(F)c1C(F)F. The number of Topliss-reactive ketones (excluding diaryl/α,β-unsaturated/α-hetero) is 1. The highest BCUT2D eigenvalue weighted by Crippen LogP contribution is 2.26. The summed E-state index contributed by atoms with van der Waals surface area (Å²) in [6.45, 7) is 0.